The van der Waals surface area contributed by atoms with E-state index in [1.165, 1.54) is 0 Å². The van der Waals surface area contributed by atoms with Crippen LogP contribution in [0, 0.1) is 12.8 Å². The highest BCUT2D eigenvalue weighted by molar-refractivity contribution is 6.00. The predicted molar refractivity (Wildman–Crippen MR) is 115 cm³/mol. The molecule has 0 unspecified atom stereocenters. The van der Waals surface area contributed by atoms with Gasteiger partial charge in [-0.05, 0) is 29.7 Å². The highest BCUT2D eigenvalue weighted by atomic mass is 16.2. The fourth-order valence-electron chi connectivity index (χ4n) is 3.89. The number of carbonyl (C=O) groups excluding carboxylic acids is 2. The fraction of sp³-hybridized carbons (Fsp3) is 0.200. The molecule has 29 heavy (non-hydrogen) atoms. The topological polar surface area (TPSA) is 49.4 Å². The molecule has 1 heterocycles. The van der Waals surface area contributed by atoms with Crippen molar-refractivity contribution in [3.8, 4) is 0 Å². The molecule has 3 aromatic rings. The van der Waals surface area contributed by atoms with Gasteiger partial charge in [0.1, 0.15) is 0 Å². The molecule has 4 heteroatoms. The quantitative estimate of drug-likeness (QED) is 0.715. The van der Waals surface area contributed by atoms with Crippen molar-refractivity contribution in [3.05, 3.63) is 102 Å². The van der Waals surface area contributed by atoms with Crippen LogP contribution in [-0.2, 0) is 9.59 Å². The van der Waals surface area contributed by atoms with Crippen molar-refractivity contribution in [2.45, 2.75) is 19.4 Å². The largest absolute Gasteiger partial charge is 0.345 e. The van der Waals surface area contributed by atoms with Gasteiger partial charge in [0, 0.05) is 18.7 Å². The molecule has 0 aliphatic carbocycles. The van der Waals surface area contributed by atoms with E-state index in [-0.39, 0.29) is 30.2 Å². The molecule has 1 aliphatic rings. The fourth-order valence-corrected chi connectivity index (χ4v) is 3.89. The lowest BCUT2D eigenvalue weighted by Crippen LogP contribution is -2.36. The molecule has 4 rings (SSSR count). The third kappa shape index (κ3) is 4.06. The monoisotopic (exact) mass is 384 g/mol. The molecule has 0 spiro atoms. The van der Waals surface area contributed by atoms with E-state index in [0.29, 0.717) is 6.54 Å². The van der Waals surface area contributed by atoms with Crippen LogP contribution in [-0.4, -0.2) is 18.4 Å². The molecule has 1 aliphatic heterocycles. The number of hydrogen-bond acceptors (Lipinski definition) is 2. The SMILES string of the molecule is Cc1ccccc1N1C[C@@H](C(=O)NC(c2ccccc2)c2ccccc2)CC1=O. The summed E-state index contributed by atoms with van der Waals surface area (Å²) in [6, 6.07) is 27.4. The lowest BCUT2D eigenvalue weighted by molar-refractivity contribution is -0.126. The predicted octanol–water partition coefficient (Wildman–Crippen LogP) is 4.25. The van der Waals surface area contributed by atoms with Crippen molar-refractivity contribution in [1.29, 1.82) is 0 Å². The van der Waals surface area contributed by atoms with E-state index in [9.17, 15) is 9.59 Å². The second kappa shape index (κ2) is 8.31. The Hall–Kier alpha value is -3.40. The van der Waals surface area contributed by atoms with Gasteiger partial charge >= 0.3 is 0 Å². The van der Waals surface area contributed by atoms with Crippen LogP contribution < -0.4 is 10.2 Å². The Labute approximate surface area is 171 Å². The molecule has 0 saturated carbocycles. The van der Waals surface area contributed by atoms with Crippen LogP contribution in [0.2, 0.25) is 0 Å². The van der Waals surface area contributed by atoms with Crippen LogP contribution in [0.3, 0.4) is 0 Å². The zero-order valence-corrected chi connectivity index (χ0v) is 16.4. The molecule has 0 bridgehead atoms. The van der Waals surface area contributed by atoms with Gasteiger partial charge in [-0.15, -0.1) is 0 Å². The van der Waals surface area contributed by atoms with Crippen LogP contribution in [0.5, 0.6) is 0 Å². The molecule has 1 saturated heterocycles. The molecule has 1 atom stereocenters. The molecule has 4 nitrogen and oxygen atoms in total. The van der Waals surface area contributed by atoms with Gasteiger partial charge in [-0.1, -0.05) is 78.9 Å². The first kappa shape index (κ1) is 18.9. The van der Waals surface area contributed by atoms with Gasteiger partial charge in [0.05, 0.1) is 12.0 Å². The number of amides is 2. The number of para-hydroxylation sites is 1. The maximum Gasteiger partial charge on any atom is 0.227 e. The van der Waals surface area contributed by atoms with E-state index in [1.807, 2.05) is 91.9 Å². The van der Waals surface area contributed by atoms with E-state index in [2.05, 4.69) is 5.32 Å². The smallest absolute Gasteiger partial charge is 0.227 e. The van der Waals surface area contributed by atoms with E-state index in [0.717, 1.165) is 22.4 Å². The Morgan fingerprint density at radius 1 is 0.897 bits per heavy atom. The summed E-state index contributed by atoms with van der Waals surface area (Å²) >= 11 is 0. The van der Waals surface area contributed by atoms with E-state index in [4.69, 9.17) is 0 Å². The highest BCUT2D eigenvalue weighted by Gasteiger charge is 2.36. The third-order valence-electron chi connectivity index (χ3n) is 5.45. The van der Waals surface area contributed by atoms with Crippen molar-refractivity contribution in [2.75, 3.05) is 11.4 Å². The highest BCUT2D eigenvalue weighted by Crippen LogP contribution is 2.29. The Morgan fingerprint density at radius 2 is 1.45 bits per heavy atom. The number of benzene rings is 3. The average molecular weight is 384 g/mol. The first-order valence-corrected chi connectivity index (χ1v) is 9.90. The summed E-state index contributed by atoms with van der Waals surface area (Å²) in [4.78, 5) is 27.5. The van der Waals surface area contributed by atoms with Crippen LogP contribution in [0.4, 0.5) is 5.69 Å². The molecule has 1 N–H and O–H groups in total. The summed E-state index contributed by atoms with van der Waals surface area (Å²) in [5, 5.41) is 3.18. The maximum atomic E-state index is 13.1. The zero-order valence-electron chi connectivity index (χ0n) is 16.4. The molecule has 3 aromatic carbocycles. The summed E-state index contributed by atoms with van der Waals surface area (Å²) < 4.78 is 0. The maximum absolute atomic E-state index is 13.1. The number of hydrogen-bond donors (Lipinski definition) is 1. The summed E-state index contributed by atoms with van der Waals surface area (Å²) in [6.45, 7) is 2.39. The van der Waals surface area contributed by atoms with Crippen LogP contribution >= 0.6 is 0 Å². The molecular weight excluding hydrogens is 360 g/mol. The normalized spacial score (nSPS) is 16.3. The number of carbonyl (C=O) groups is 2. The number of nitrogens with one attached hydrogen (secondary N) is 1. The van der Waals surface area contributed by atoms with Gasteiger partial charge in [-0.3, -0.25) is 9.59 Å². The van der Waals surface area contributed by atoms with Gasteiger partial charge < -0.3 is 10.2 Å². The van der Waals surface area contributed by atoms with Crippen molar-refractivity contribution < 1.29 is 9.59 Å². The Morgan fingerprint density at radius 3 is 2.03 bits per heavy atom. The van der Waals surface area contributed by atoms with Crippen molar-refractivity contribution in [2.24, 2.45) is 5.92 Å². The minimum absolute atomic E-state index is 0.00424. The number of anilines is 1. The van der Waals surface area contributed by atoms with Crippen LogP contribution in [0.1, 0.15) is 29.2 Å². The van der Waals surface area contributed by atoms with E-state index in [1.54, 1.807) is 4.90 Å². The second-order valence-electron chi connectivity index (χ2n) is 7.45. The van der Waals surface area contributed by atoms with Gasteiger partial charge in [-0.2, -0.15) is 0 Å². The van der Waals surface area contributed by atoms with E-state index < -0.39 is 0 Å². The molecule has 2 amide bonds. The van der Waals surface area contributed by atoms with Crippen LogP contribution in [0.25, 0.3) is 0 Å². The second-order valence-corrected chi connectivity index (χ2v) is 7.45. The Kier molecular flexibility index (Phi) is 5.43. The molecule has 146 valence electrons. The summed E-state index contributed by atoms with van der Waals surface area (Å²) in [6.07, 6.45) is 0.233. The number of nitrogens with zero attached hydrogens (tertiary/aromatic N) is 1. The lowest BCUT2D eigenvalue weighted by atomic mass is 9.97. The van der Waals surface area contributed by atoms with E-state index >= 15 is 0 Å². The first-order valence-electron chi connectivity index (χ1n) is 9.90. The third-order valence-corrected chi connectivity index (χ3v) is 5.45. The average Bonchev–Trinajstić information content (AvgIpc) is 3.15. The van der Waals surface area contributed by atoms with Crippen molar-refractivity contribution in [3.63, 3.8) is 0 Å². The summed E-state index contributed by atoms with van der Waals surface area (Å²) in [5.41, 5.74) is 3.96. The van der Waals surface area contributed by atoms with Crippen LogP contribution in [0.15, 0.2) is 84.9 Å². The summed E-state index contributed by atoms with van der Waals surface area (Å²) in [7, 11) is 0. The van der Waals surface area contributed by atoms with Crippen molar-refractivity contribution in [1.82, 2.24) is 5.32 Å². The summed E-state index contributed by atoms with van der Waals surface area (Å²) in [5.74, 6) is -0.459. The Bertz CT molecular complexity index is 962. The zero-order chi connectivity index (χ0) is 20.2. The Balaban J connectivity index is 1.54. The molecular formula is C25H24N2O2. The van der Waals surface area contributed by atoms with Crippen molar-refractivity contribution >= 4 is 17.5 Å². The van der Waals surface area contributed by atoms with Gasteiger partial charge in [0.2, 0.25) is 11.8 Å². The number of aryl methyl sites for hydroxylation is 1. The molecule has 1 fully saturated rings. The van der Waals surface area contributed by atoms with Gasteiger partial charge in [0.15, 0.2) is 0 Å². The molecule has 0 radical (unpaired) electrons. The standard InChI is InChI=1S/C25H24N2O2/c1-18-10-8-9-15-22(18)27-17-21(16-23(27)28)25(29)26-24(19-11-4-2-5-12-19)20-13-6-3-7-14-20/h2-15,21,24H,16-17H2,1H3,(H,26,29)/t21-/m0/s1. The van der Waals surface area contributed by atoms with Gasteiger partial charge in [0.25, 0.3) is 0 Å². The lowest BCUT2D eigenvalue weighted by Gasteiger charge is -2.22. The number of rotatable bonds is 5. The minimum Gasteiger partial charge on any atom is -0.345 e. The first-order chi connectivity index (χ1) is 14.1. The van der Waals surface area contributed by atoms with Gasteiger partial charge in [-0.25, -0.2) is 0 Å². The molecule has 0 aromatic heterocycles. The minimum atomic E-state index is -0.364.